The summed E-state index contributed by atoms with van der Waals surface area (Å²) in [6.07, 6.45) is 1.41. The Labute approximate surface area is 209 Å². The van der Waals surface area contributed by atoms with Crippen molar-refractivity contribution in [3.8, 4) is 16.9 Å². The summed E-state index contributed by atoms with van der Waals surface area (Å²) in [5.74, 6) is -0.743. The number of fused-ring (bicyclic) bond motifs is 1. The van der Waals surface area contributed by atoms with Crippen LogP contribution < -0.4 is 10.5 Å². The van der Waals surface area contributed by atoms with Crippen molar-refractivity contribution in [2.24, 2.45) is 5.73 Å². The van der Waals surface area contributed by atoms with Crippen LogP contribution in [0.3, 0.4) is 0 Å². The Bertz CT molecular complexity index is 1380. The second-order valence-electron chi connectivity index (χ2n) is 7.89. The molecule has 2 N–H and O–H groups in total. The minimum atomic E-state index is -0.459. The Balaban J connectivity index is 0.00000176. The first kappa shape index (κ1) is 26.6. The molecule has 0 bridgehead atoms. The number of methoxy groups -OCH3 is 1. The molecule has 0 atom stereocenters. The fraction of sp³-hybridized carbons (Fsp3) is 0.241. The van der Waals surface area contributed by atoms with Crippen LogP contribution in [0.5, 0.6) is 5.75 Å². The highest BCUT2D eigenvalue weighted by Gasteiger charge is 2.18. The van der Waals surface area contributed by atoms with Gasteiger partial charge in [-0.3, -0.25) is 9.59 Å². The number of hydrogen-bond donors (Lipinski definition) is 1. The molecule has 36 heavy (non-hydrogen) atoms. The van der Waals surface area contributed by atoms with Gasteiger partial charge in [0.2, 0.25) is 0 Å². The summed E-state index contributed by atoms with van der Waals surface area (Å²) in [7, 11) is 1.30. The van der Waals surface area contributed by atoms with E-state index in [9.17, 15) is 9.59 Å². The van der Waals surface area contributed by atoms with Crippen LogP contribution in [0.2, 0.25) is 0 Å². The van der Waals surface area contributed by atoms with Crippen LogP contribution in [-0.2, 0) is 29.1 Å². The molecule has 0 aliphatic carbocycles. The molecule has 0 aliphatic rings. The van der Waals surface area contributed by atoms with Gasteiger partial charge in [-0.2, -0.15) is 0 Å². The molecule has 0 spiro atoms. The van der Waals surface area contributed by atoms with E-state index in [1.165, 1.54) is 20.3 Å². The maximum Gasteiger partial charge on any atom is 0.310 e. The molecular weight excluding hydrogens is 461 g/mol. The predicted molar refractivity (Wildman–Crippen MR) is 137 cm³/mol. The van der Waals surface area contributed by atoms with Gasteiger partial charge in [0.05, 0.1) is 25.2 Å². The first-order chi connectivity index (χ1) is 17.4. The first-order valence-electron chi connectivity index (χ1n) is 11.7. The first-order valence-corrected chi connectivity index (χ1v) is 11.7. The van der Waals surface area contributed by atoms with Gasteiger partial charge in [0.1, 0.15) is 23.8 Å². The molecular formula is C29H30FNO5. The van der Waals surface area contributed by atoms with Crippen molar-refractivity contribution < 1.29 is 27.9 Å². The molecule has 0 saturated heterocycles. The normalized spacial score (nSPS) is 10.5. The van der Waals surface area contributed by atoms with Crippen LogP contribution in [0.15, 0.2) is 65.3 Å². The van der Waals surface area contributed by atoms with Gasteiger partial charge in [-0.1, -0.05) is 44.2 Å². The fourth-order valence-electron chi connectivity index (χ4n) is 3.79. The van der Waals surface area contributed by atoms with E-state index >= 15 is 4.39 Å². The summed E-state index contributed by atoms with van der Waals surface area (Å²) >= 11 is 0. The summed E-state index contributed by atoms with van der Waals surface area (Å²) in [6.45, 7) is 5.70. The van der Waals surface area contributed by atoms with Crippen molar-refractivity contribution in [3.05, 3.63) is 88.9 Å². The van der Waals surface area contributed by atoms with Gasteiger partial charge in [-0.15, -0.1) is 0 Å². The maximum atomic E-state index is 15.3. The molecule has 1 heterocycles. The van der Waals surface area contributed by atoms with Crippen LogP contribution in [0.4, 0.5) is 4.39 Å². The predicted octanol–water partition coefficient (Wildman–Crippen LogP) is 6.22. The van der Waals surface area contributed by atoms with Crippen LogP contribution in [0.25, 0.3) is 22.1 Å². The standard InChI is InChI=1S/C27H24FNO5.C2H6/c1-16(30)18-6-7-20(13-25(31)32-2)24(12-18)34-15-21-11-23(19-5-3-4-17(10-19)14-29)27-22(26(21)28)8-9-33-27;1-2/h3-12H,13-15,29H2,1-2H3;1-2H3. The quantitative estimate of drug-likeness (QED) is 0.232. The molecule has 0 unspecified atom stereocenters. The van der Waals surface area contributed by atoms with Crippen LogP contribution in [0.1, 0.15) is 47.8 Å². The number of benzene rings is 3. The van der Waals surface area contributed by atoms with Crippen molar-refractivity contribution in [1.82, 2.24) is 0 Å². The summed E-state index contributed by atoms with van der Waals surface area (Å²) in [5, 5.41) is 0.335. The van der Waals surface area contributed by atoms with Crippen molar-refractivity contribution in [1.29, 1.82) is 0 Å². The lowest BCUT2D eigenvalue weighted by Crippen LogP contribution is -2.08. The molecule has 0 saturated carbocycles. The van der Waals surface area contributed by atoms with Crippen molar-refractivity contribution >= 4 is 22.7 Å². The highest BCUT2D eigenvalue weighted by molar-refractivity contribution is 5.95. The van der Waals surface area contributed by atoms with E-state index in [4.69, 9.17) is 19.6 Å². The molecule has 188 valence electrons. The van der Waals surface area contributed by atoms with Gasteiger partial charge in [0, 0.05) is 28.8 Å². The van der Waals surface area contributed by atoms with Gasteiger partial charge in [0.25, 0.3) is 0 Å². The van der Waals surface area contributed by atoms with E-state index in [2.05, 4.69) is 0 Å². The van der Waals surface area contributed by atoms with Gasteiger partial charge in [-0.25, -0.2) is 4.39 Å². The van der Waals surface area contributed by atoms with E-state index < -0.39 is 11.8 Å². The third-order valence-corrected chi connectivity index (χ3v) is 5.64. The number of Topliss-reactive ketones (excluding diaryl/α,β-unsaturated/α-hetero) is 1. The van der Waals surface area contributed by atoms with Crippen molar-refractivity contribution in [3.63, 3.8) is 0 Å². The smallest absolute Gasteiger partial charge is 0.310 e. The van der Waals surface area contributed by atoms with Crippen LogP contribution in [-0.4, -0.2) is 18.9 Å². The number of nitrogens with two attached hydrogens (primary N) is 1. The molecule has 0 amide bonds. The zero-order valence-electron chi connectivity index (χ0n) is 20.9. The van der Waals surface area contributed by atoms with Gasteiger partial charge < -0.3 is 19.6 Å². The number of carbonyl (C=O) groups is 2. The van der Waals surface area contributed by atoms with E-state index in [0.717, 1.165) is 11.1 Å². The van der Waals surface area contributed by atoms with E-state index in [1.807, 2.05) is 38.1 Å². The molecule has 0 fully saturated rings. The Hall–Kier alpha value is -3.97. The number of furan rings is 1. The maximum absolute atomic E-state index is 15.3. The lowest BCUT2D eigenvalue weighted by Gasteiger charge is -2.14. The summed E-state index contributed by atoms with van der Waals surface area (Å²) in [5.41, 5.74) is 9.98. The Morgan fingerprint density at radius 1 is 1.03 bits per heavy atom. The average Bonchev–Trinajstić information content (AvgIpc) is 3.40. The van der Waals surface area contributed by atoms with Crippen molar-refractivity contribution in [2.45, 2.75) is 40.3 Å². The topological polar surface area (TPSA) is 91.8 Å². The minimum Gasteiger partial charge on any atom is -0.488 e. The Morgan fingerprint density at radius 2 is 1.81 bits per heavy atom. The number of ether oxygens (including phenoxy) is 2. The van der Waals surface area contributed by atoms with Gasteiger partial charge in [0.15, 0.2) is 5.78 Å². The zero-order valence-corrected chi connectivity index (χ0v) is 20.9. The highest BCUT2D eigenvalue weighted by Crippen LogP contribution is 2.34. The average molecular weight is 492 g/mol. The van der Waals surface area contributed by atoms with Crippen LogP contribution in [0, 0.1) is 5.82 Å². The van der Waals surface area contributed by atoms with Crippen LogP contribution >= 0.6 is 0 Å². The van der Waals surface area contributed by atoms with Gasteiger partial charge in [-0.05, 0) is 42.3 Å². The largest absolute Gasteiger partial charge is 0.488 e. The molecule has 4 aromatic rings. The summed E-state index contributed by atoms with van der Waals surface area (Å²) in [4.78, 5) is 23.7. The zero-order chi connectivity index (χ0) is 26.2. The van der Waals surface area contributed by atoms with Crippen molar-refractivity contribution in [2.75, 3.05) is 7.11 Å². The lowest BCUT2D eigenvalue weighted by molar-refractivity contribution is -0.139. The number of esters is 1. The van der Waals surface area contributed by atoms with E-state index in [-0.39, 0.29) is 18.8 Å². The molecule has 7 heteroatoms. The van der Waals surface area contributed by atoms with E-state index in [1.54, 1.807) is 30.3 Å². The Kier molecular flexibility index (Phi) is 8.97. The minimum absolute atomic E-state index is 0.0373. The number of halogens is 1. The number of ketones is 1. The number of rotatable bonds is 8. The fourth-order valence-corrected chi connectivity index (χ4v) is 3.79. The summed E-state index contributed by atoms with van der Waals surface area (Å²) < 4.78 is 31.6. The van der Waals surface area contributed by atoms with E-state index in [0.29, 0.717) is 45.5 Å². The molecule has 4 rings (SSSR count). The molecule has 0 aliphatic heterocycles. The second kappa shape index (κ2) is 12.1. The third-order valence-electron chi connectivity index (χ3n) is 5.64. The Morgan fingerprint density at radius 3 is 2.50 bits per heavy atom. The molecule has 6 nitrogen and oxygen atoms in total. The van der Waals surface area contributed by atoms with Gasteiger partial charge >= 0.3 is 5.97 Å². The SMILES string of the molecule is CC.COC(=O)Cc1ccc(C(C)=O)cc1OCc1cc(-c2cccc(CN)c2)c2occc2c1F. The molecule has 0 radical (unpaired) electrons. The third kappa shape index (κ3) is 5.80. The lowest BCUT2D eigenvalue weighted by atomic mass is 9.98. The summed E-state index contributed by atoms with van der Waals surface area (Å²) in [6, 6.07) is 15.7. The number of hydrogen-bond acceptors (Lipinski definition) is 6. The number of carbonyl (C=O) groups excluding carboxylic acids is 2. The highest BCUT2D eigenvalue weighted by atomic mass is 19.1. The molecule has 1 aromatic heterocycles. The monoisotopic (exact) mass is 491 g/mol. The second-order valence-corrected chi connectivity index (χ2v) is 7.89. The molecule has 3 aromatic carbocycles.